The van der Waals surface area contributed by atoms with Crippen LogP contribution in [0.25, 0.3) is 0 Å². The number of halogens is 2. The van der Waals surface area contributed by atoms with E-state index < -0.39 is 11.6 Å². The minimum Gasteiger partial charge on any atom is -0.493 e. The van der Waals surface area contributed by atoms with Gasteiger partial charge in [0.25, 0.3) is 0 Å². The third kappa shape index (κ3) is 3.39. The molecule has 22 heavy (non-hydrogen) atoms. The fraction of sp³-hybridized carbons (Fsp3) is 0.250. The van der Waals surface area contributed by atoms with Crippen LogP contribution in [0.2, 0.25) is 0 Å². The van der Waals surface area contributed by atoms with Crippen molar-refractivity contribution in [1.29, 1.82) is 0 Å². The molecular weight excluding hydrogens is 292 g/mol. The van der Waals surface area contributed by atoms with E-state index >= 15 is 0 Å². The number of ether oxygens (including phenoxy) is 3. The first-order valence-corrected chi connectivity index (χ1v) is 6.56. The topological polar surface area (TPSA) is 39.7 Å². The normalized spacial score (nSPS) is 10.2. The lowest BCUT2D eigenvalue weighted by Gasteiger charge is -2.15. The van der Waals surface area contributed by atoms with Gasteiger partial charge >= 0.3 is 0 Å². The summed E-state index contributed by atoms with van der Waals surface area (Å²) < 4.78 is 41.8. The standard InChI is InChI=1S/C16H17F2NO3/c1-20-14-6-10(7-15(21-2)16(14)22-3)9-19-11-4-5-12(17)13(18)8-11/h4-8,19H,9H2,1-3H3. The van der Waals surface area contributed by atoms with E-state index in [0.29, 0.717) is 29.5 Å². The minimum atomic E-state index is -0.894. The Kier molecular flexibility index (Phi) is 5.04. The maximum Gasteiger partial charge on any atom is 0.203 e. The van der Waals surface area contributed by atoms with Crippen LogP contribution in [0.5, 0.6) is 17.2 Å². The molecule has 118 valence electrons. The maximum absolute atomic E-state index is 13.2. The fourth-order valence-electron chi connectivity index (χ4n) is 2.05. The average molecular weight is 309 g/mol. The van der Waals surface area contributed by atoms with Gasteiger partial charge in [-0.3, -0.25) is 0 Å². The molecule has 0 aliphatic heterocycles. The summed E-state index contributed by atoms with van der Waals surface area (Å²) in [7, 11) is 4.59. The van der Waals surface area contributed by atoms with Crippen molar-refractivity contribution in [3.63, 3.8) is 0 Å². The van der Waals surface area contributed by atoms with Gasteiger partial charge in [0.15, 0.2) is 23.1 Å². The van der Waals surface area contributed by atoms with Crippen molar-refractivity contribution in [2.24, 2.45) is 0 Å². The van der Waals surface area contributed by atoms with Crippen molar-refractivity contribution >= 4 is 5.69 Å². The Balaban J connectivity index is 2.20. The fourth-order valence-corrected chi connectivity index (χ4v) is 2.05. The van der Waals surface area contributed by atoms with Crippen LogP contribution >= 0.6 is 0 Å². The van der Waals surface area contributed by atoms with Crippen LogP contribution in [0.3, 0.4) is 0 Å². The third-order valence-corrected chi connectivity index (χ3v) is 3.14. The van der Waals surface area contributed by atoms with Crippen LogP contribution in [0, 0.1) is 11.6 Å². The zero-order valence-corrected chi connectivity index (χ0v) is 12.6. The van der Waals surface area contributed by atoms with Crippen molar-refractivity contribution in [3.05, 3.63) is 47.5 Å². The zero-order valence-electron chi connectivity index (χ0n) is 12.6. The van der Waals surface area contributed by atoms with Gasteiger partial charge in [-0.1, -0.05) is 0 Å². The molecular formula is C16H17F2NO3. The molecule has 0 saturated carbocycles. The zero-order chi connectivity index (χ0) is 16.1. The molecule has 0 bridgehead atoms. The minimum absolute atomic E-state index is 0.391. The number of hydrogen-bond acceptors (Lipinski definition) is 4. The quantitative estimate of drug-likeness (QED) is 0.885. The largest absolute Gasteiger partial charge is 0.493 e. The lowest BCUT2D eigenvalue weighted by atomic mass is 10.1. The molecule has 2 aromatic carbocycles. The van der Waals surface area contributed by atoms with Crippen LogP contribution in [0.15, 0.2) is 30.3 Å². The molecule has 0 fully saturated rings. The molecule has 0 atom stereocenters. The van der Waals surface area contributed by atoms with E-state index in [-0.39, 0.29) is 0 Å². The lowest BCUT2D eigenvalue weighted by molar-refractivity contribution is 0.324. The second-order valence-corrected chi connectivity index (χ2v) is 4.52. The molecule has 0 aliphatic rings. The van der Waals surface area contributed by atoms with E-state index in [1.807, 2.05) is 0 Å². The summed E-state index contributed by atoms with van der Waals surface area (Å²) in [4.78, 5) is 0. The Morgan fingerprint density at radius 3 is 2.00 bits per heavy atom. The van der Waals surface area contributed by atoms with E-state index in [2.05, 4.69) is 5.32 Å². The number of hydrogen-bond donors (Lipinski definition) is 1. The molecule has 0 saturated heterocycles. The Labute approximate surface area is 127 Å². The van der Waals surface area contributed by atoms with Crippen molar-refractivity contribution < 1.29 is 23.0 Å². The van der Waals surface area contributed by atoms with Crippen molar-refractivity contribution in [3.8, 4) is 17.2 Å². The molecule has 2 aromatic rings. The van der Waals surface area contributed by atoms with Gasteiger partial charge in [-0.15, -0.1) is 0 Å². The molecule has 0 aromatic heterocycles. The van der Waals surface area contributed by atoms with Gasteiger partial charge in [-0.2, -0.15) is 0 Å². The average Bonchev–Trinajstić information content (AvgIpc) is 2.54. The van der Waals surface area contributed by atoms with Gasteiger partial charge in [-0.25, -0.2) is 8.78 Å². The number of benzene rings is 2. The van der Waals surface area contributed by atoms with Crippen LogP contribution in [0.1, 0.15) is 5.56 Å². The van der Waals surface area contributed by atoms with E-state index in [1.165, 1.54) is 27.4 Å². The Bertz CT molecular complexity index is 637. The third-order valence-electron chi connectivity index (χ3n) is 3.14. The Morgan fingerprint density at radius 1 is 0.864 bits per heavy atom. The summed E-state index contributed by atoms with van der Waals surface area (Å²) in [6, 6.07) is 7.22. The summed E-state index contributed by atoms with van der Waals surface area (Å²) in [5.74, 6) is -0.206. The predicted octanol–water partition coefficient (Wildman–Crippen LogP) is 3.60. The second kappa shape index (κ2) is 6.98. The second-order valence-electron chi connectivity index (χ2n) is 4.52. The molecule has 1 N–H and O–H groups in total. The van der Waals surface area contributed by atoms with Crippen LogP contribution in [0.4, 0.5) is 14.5 Å². The smallest absolute Gasteiger partial charge is 0.203 e. The van der Waals surface area contributed by atoms with Crippen molar-refractivity contribution in [2.45, 2.75) is 6.54 Å². The number of methoxy groups -OCH3 is 3. The molecule has 0 aliphatic carbocycles. The number of anilines is 1. The Hall–Kier alpha value is -2.50. The lowest BCUT2D eigenvalue weighted by Crippen LogP contribution is -2.02. The molecule has 0 radical (unpaired) electrons. The van der Waals surface area contributed by atoms with Crippen LogP contribution < -0.4 is 19.5 Å². The first-order valence-electron chi connectivity index (χ1n) is 6.56. The maximum atomic E-state index is 13.2. The van der Waals surface area contributed by atoms with Gasteiger partial charge in [0.05, 0.1) is 21.3 Å². The predicted molar refractivity (Wildman–Crippen MR) is 79.8 cm³/mol. The van der Waals surface area contributed by atoms with Crippen LogP contribution in [-0.2, 0) is 6.54 Å². The first kappa shape index (κ1) is 15.9. The highest BCUT2D eigenvalue weighted by atomic mass is 19.2. The highest BCUT2D eigenvalue weighted by Gasteiger charge is 2.13. The molecule has 0 amide bonds. The molecule has 2 rings (SSSR count). The van der Waals surface area contributed by atoms with E-state index in [1.54, 1.807) is 12.1 Å². The molecule has 0 heterocycles. The highest BCUT2D eigenvalue weighted by Crippen LogP contribution is 2.38. The number of rotatable bonds is 6. The van der Waals surface area contributed by atoms with Gasteiger partial charge in [0.1, 0.15) is 0 Å². The van der Waals surface area contributed by atoms with Gasteiger partial charge < -0.3 is 19.5 Å². The van der Waals surface area contributed by atoms with E-state index in [4.69, 9.17) is 14.2 Å². The Morgan fingerprint density at radius 2 is 1.50 bits per heavy atom. The first-order chi connectivity index (χ1) is 10.6. The SMILES string of the molecule is COc1cc(CNc2ccc(F)c(F)c2)cc(OC)c1OC. The monoisotopic (exact) mass is 309 g/mol. The molecule has 0 unspecified atom stereocenters. The molecule has 6 heteroatoms. The molecule has 4 nitrogen and oxygen atoms in total. The highest BCUT2D eigenvalue weighted by molar-refractivity contribution is 5.54. The summed E-state index contributed by atoms with van der Waals surface area (Å²) in [5.41, 5.74) is 1.33. The van der Waals surface area contributed by atoms with Gasteiger partial charge in [-0.05, 0) is 29.8 Å². The van der Waals surface area contributed by atoms with Crippen LogP contribution in [-0.4, -0.2) is 21.3 Å². The number of nitrogens with one attached hydrogen (secondary N) is 1. The van der Waals surface area contributed by atoms with E-state index in [9.17, 15) is 8.78 Å². The van der Waals surface area contributed by atoms with Gasteiger partial charge in [0, 0.05) is 18.3 Å². The van der Waals surface area contributed by atoms with Crippen molar-refractivity contribution in [2.75, 3.05) is 26.6 Å². The summed E-state index contributed by atoms with van der Waals surface area (Å²) >= 11 is 0. The molecule has 0 spiro atoms. The summed E-state index contributed by atoms with van der Waals surface area (Å²) in [6.45, 7) is 0.391. The summed E-state index contributed by atoms with van der Waals surface area (Å²) in [5, 5.41) is 3.01. The van der Waals surface area contributed by atoms with E-state index in [0.717, 1.165) is 17.7 Å². The van der Waals surface area contributed by atoms with Crippen molar-refractivity contribution in [1.82, 2.24) is 0 Å². The summed E-state index contributed by atoms with van der Waals surface area (Å²) in [6.07, 6.45) is 0. The van der Waals surface area contributed by atoms with Gasteiger partial charge in [0.2, 0.25) is 5.75 Å².